The van der Waals surface area contributed by atoms with Gasteiger partial charge in [0.2, 0.25) is 5.03 Å². The van der Waals surface area contributed by atoms with Crippen LogP contribution in [0.4, 0.5) is 0 Å². The van der Waals surface area contributed by atoms with Gasteiger partial charge in [0.05, 0.1) is 13.2 Å². The number of nitrogens with one attached hydrogen (secondary N) is 1. The molecule has 1 aromatic heterocycles. The van der Waals surface area contributed by atoms with Gasteiger partial charge < -0.3 is 9.84 Å². The highest BCUT2D eigenvalue weighted by atomic mass is 32.2. The Morgan fingerprint density at radius 1 is 1.60 bits per heavy atom. The van der Waals surface area contributed by atoms with E-state index >= 15 is 0 Å². The van der Waals surface area contributed by atoms with Crippen LogP contribution in [0.5, 0.6) is 0 Å². The molecule has 0 bridgehead atoms. The highest BCUT2D eigenvalue weighted by Gasteiger charge is 2.38. The van der Waals surface area contributed by atoms with Crippen LogP contribution in [0.2, 0.25) is 0 Å². The lowest BCUT2D eigenvalue weighted by Gasteiger charge is -2.33. The van der Waals surface area contributed by atoms with Gasteiger partial charge in [-0.15, -0.1) is 0 Å². The number of hydrogen-bond acceptors (Lipinski definition) is 5. The molecule has 1 aromatic rings. The van der Waals surface area contributed by atoms with Crippen LogP contribution in [0.15, 0.2) is 5.03 Å². The van der Waals surface area contributed by atoms with Gasteiger partial charge in [0.1, 0.15) is 5.56 Å². The number of sulfonamides is 1. The number of carbonyl (C=O) groups is 1. The Labute approximate surface area is 116 Å². The van der Waals surface area contributed by atoms with Gasteiger partial charge in [-0.1, -0.05) is 6.92 Å². The third-order valence-electron chi connectivity index (χ3n) is 3.33. The molecule has 112 valence electrons. The summed E-state index contributed by atoms with van der Waals surface area (Å²) < 4.78 is 31.8. The van der Waals surface area contributed by atoms with E-state index in [1.165, 1.54) is 11.2 Å². The van der Waals surface area contributed by atoms with Crippen molar-refractivity contribution in [3.63, 3.8) is 0 Å². The number of hydrogen-bond donors (Lipinski definition) is 2. The summed E-state index contributed by atoms with van der Waals surface area (Å²) in [5.41, 5.74) is -0.0799. The molecule has 0 saturated carbocycles. The van der Waals surface area contributed by atoms with Gasteiger partial charge in [-0.2, -0.15) is 9.40 Å². The van der Waals surface area contributed by atoms with Crippen LogP contribution in [0.25, 0.3) is 0 Å². The summed E-state index contributed by atoms with van der Waals surface area (Å²) in [5.74, 6) is -1.31. The standard InChI is InChI=1S/C11H17N3O5S/c1-3-8-6-19-5-4-14(8)20(17,18)10-9(11(15)16)7(2)12-13-10/h8H,3-6H2,1-2H3,(H,12,13)(H,15,16). The SMILES string of the molecule is CCC1COCCN1S(=O)(=O)c1n[nH]c(C)c1C(=O)O. The zero-order chi connectivity index (χ0) is 14.9. The van der Waals surface area contributed by atoms with Gasteiger partial charge >= 0.3 is 5.97 Å². The van der Waals surface area contributed by atoms with E-state index < -0.39 is 21.0 Å². The van der Waals surface area contributed by atoms with Crippen molar-refractivity contribution in [1.29, 1.82) is 0 Å². The predicted molar refractivity (Wildman–Crippen MR) is 69.1 cm³/mol. The molecule has 8 nitrogen and oxygen atoms in total. The first-order chi connectivity index (χ1) is 9.39. The summed E-state index contributed by atoms with van der Waals surface area (Å²) >= 11 is 0. The molecule has 1 atom stereocenters. The Morgan fingerprint density at radius 2 is 2.30 bits per heavy atom. The quantitative estimate of drug-likeness (QED) is 0.822. The lowest BCUT2D eigenvalue weighted by atomic mass is 10.2. The Hall–Kier alpha value is -1.45. The predicted octanol–water partition coefficient (Wildman–Crippen LogP) is 0.216. The third kappa shape index (κ3) is 2.43. The average Bonchev–Trinajstić information content (AvgIpc) is 2.81. The van der Waals surface area contributed by atoms with Crippen molar-refractivity contribution in [2.45, 2.75) is 31.3 Å². The molecule has 1 aliphatic rings. The minimum atomic E-state index is -3.95. The number of aromatic nitrogens is 2. The van der Waals surface area contributed by atoms with Crippen LogP contribution in [-0.4, -0.2) is 59.8 Å². The van der Waals surface area contributed by atoms with Crippen LogP contribution < -0.4 is 0 Å². The Balaban J connectivity index is 2.47. The largest absolute Gasteiger partial charge is 0.478 e. The molecule has 2 rings (SSSR count). The zero-order valence-electron chi connectivity index (χ0n) is 11.3. The summed E-state index contributed by atoms with van der Waals surface area (Å²) in [6.45, 7) is 4.14. The minimum absolute atomic E-state index is 0.200. The number of H-pyrrole nitrogens is 1. The number of carboxylic acids is 1. The lowest BCUT2D eigenvalue weighted by molar-refractivity contribution is 0.0312. The fourth-order valence-corrected chi connectivity index (χ4v) is 4.03. The summed E-state index contributed by atoms with van der Waals surface area (Å²) in [4.78, 5) is 11.2. The Bertz CT molecular complexity index is 610. The molecule has 0 spiro atoms. The van der Waals surface area contributed by atoms with Crippen LogP contribution in [0, 0.1) is 6.92 Å². The maximum atomic E-state index is 12.6. The van der Waals surface area contributed by atoms with Crippen LogP contribution in [0.1, 0.15) is 29.4 Å². The molecule has 1 fully saturated rings. The summed E-state index contributed by atoms with van der Waals surface area (Å²) in [6, 6.07) is -0.299. The first-order valence-corrected chi connectivity index (χ1v) is 7.71. The first kappa shape index (κ1) is 14.9. The van der Waals surface area contributed by atoms with E-state index in [2.05, 4.69) is 10.2 Å². The van der Waals surface area contributed by atoms with Gasteiger partial charge in [-0.3, -0.25) is 5.10 Å². The monoisotopic (exact) mass is 303 g/mol. The van der Waals surface area contributed by atoms with Crippen molar-refractivity contribution >= 4 is 16.0 Å². The Kier molecular flexibility index (Phi) is 4.11. The fraction of sp³-hybridized carbons (Fsp3) is 0.636. The molecule has 0 radical (unpaired) electrons. The number of carboxylic acid groups (broad SMARTS) is 1. The topological polar surface area (TPSA) is 113 Å². The second-order valence-corrected chi connectivity index (χ2v) is 6.39. The molecule has 20 heavy (non-hydrogen) atoms. The molecule has 0 amide bonds. The molecule has 2 N–H and O–H groups in total. The van der Waals surface area contributed by atoms with Crippen molar-refractivity contribution in [1.82, 2.24) is 14.5 Å². The van der Waals surface area contributed by atoms with Gasteiger partial charge in [0.25, 0.3) is 10.0 Å². The van der Waals surface area contributed by atoms with Gasteiger partial charge in [-0.05, 0) is 13.3 Å². The summed E-state index contributed by atoms with van der Waals surface area (Å²) in [5, 5.41) is 14.8. The van der Waals surface area contributed by atoms with E-state index in [1.54, 1.807) is 0 Å². The highest BCUT2D eigenvalue weighted by Crippen LogP contribution is 2.24. The van der Waals surface area contributed by atoms with E-state index in [1.807, 2.05) is 6.92 Å². The molecule has 0 aliphatic carbocycles. The van der Waals surface area contributed by atoms with E-state index in [0.29, 0.717) is 19.6 Å². The maximum absolute atomic E-state index is 12.6. The van der Waals surface area contributed by atoms with Crippen molar-refractivity contribution in [3.8, 4) is 0 Å². The maximum Gasteiger partial charge on any atom is 0.340 e. The first-order valence-electron chi connectivity index (χ1n) is 6.27. The van der Waals surface area contributed by atoms with Gasteiger partial charge in [-0.25, -0.2) is 13.2 Å². The smallest absolute Gasteiger partial charge is 0.340 e. The van der Waals surface area contributed by atoms with E-state index in [-0.39, 0.29) is 23.8 Å². The van der Waals surface area contributed by atoms with Crippen LogP contribution >= 0.6 is 0 Å². The lowest BCUT2D eigenvalue weighted by Crippen LogP contribution is -2.48. The third-order valence-corrected chi connectivity index (χ3v) is 5.21. The molecule has 1 unspecified atom stereocenters. The van der Waals surface area contributed by atoms with Crippen LogP contribution in [-0.2, 0) is 14.8 Å². The number of ether oxygens (including phenoxy) is 1. The second kappa shape index (κ2) is 5.51. The molecular weight excluding hydrogens is 286 g/mol. The van der Waals surface area contributed by atoms with Gasteiger partial charge in [0.15, 0.2) is 0 Å². The molecule has 0 aromatic carbocycles. The van der Waals surface area contributed by atoms with Crippen molar-refractivity contribution in [2.75, 3.05) is 19.8 Å². The number of aromatic carboxylic acids is 1. The molecule has 1 aliphatic heterocycles. The molecular formula is C11H17N3O5S. The minimum Gasteiger partial charge on any atom is -0.478 e. The number of aryl methyl sites for hydroxylation is 1. The highest BCUT2D eigenvalue weighted by molar-refractivity contribution is 7.89. The molecule has 9 heteroatoms. The van der Waals surface area contributed by atoms with Crippen molar-refractivity contribution < 1.29 is 23.1 Å². The molecule has 1 saturated heterocycles. The number of nitrogens with zero attached hydrogens (tertiary/aromatic N) is 2. The van der Waals surface area contributed by atoms with E-state index in [0.717, 1.165) is 0 Å². The average molecular weight is 303 g/mol. The van der Waals surface area contributed by atoms with Crippen molar-refractivity contribution in [2.24, 2.45) is 0 Å². The number of morpholine rings is 1. The van der Waals surface area contributed by atoms with E-state index in [4.69, 9.17) is 9.84 Å². The normalized spacial score (nSPS) is 21.0. The number of aromatic amines is 1. The second-order valence-electron chi connectivity index (χ2n) is 4.59. The zero-order valence-corrected chi connectivity index (χ0v) is 12.1. The van der Waals surface area contributed by atoms with Crippen molar-refractivity contribution in [3.05, 3.63) is 11.3 Å². The van der Waals surface area contributed by atoms with Crippen LogP contribution in [0.3, 0.4) is 0 Å². The molecule has 2 heterocycles. The summed E-state index contributed by atoms with van der Waals surface area (Å²) in [6.07, 6.45) is 0.588. The summed E-state index contributed by atoms with van der Waals surface area (Å²) in [7, 11) is -3.95. The fourth-order valence-electron chi connectivity index (χ4n) is 2.23. The van der Waals surface area contributed by atoms with E-state index in [9.17, 15) is 13.2 Å². The van der Waals surface area contributed by atoms with Gasteiger partial charge in [0, 0.05) is 18.3 Å². The Morgan fingerprint density at radius 3 is 2.90 bits per heavy atom. The number of rotatable bonds is 4.